The topological polar surface area (TPSA) is 64.0 Å². The largest absolute Gasteiger partial charge is 0.313 e. The monoisotopic (exact) mass is 335 g/mol. The minimum absolute atomic E-state index is 0.0407. The first-order valence-corrected chi connectivity index (χ1v) is 8.60. The van der Waals surface area contributed by atoms with Crippen molar-refractivity contribution < 1.29 is 9.59 Å². The van der Waals surface area contributed by atoms with Crippen LogP contribution in [0.25, 0.3) is 21.9 Å². The fraction of sp³-hybridized carbons (Fsp3) is 0.350. The van der Waals surface area contributed by atoms with Gasteiger partial charge in [-0.05, 0) is 29.5 Å². The van der Waals surface area contributed by atoms with Crippen LogP contribution in [-0.2, 0) is 15.0 Å². The Morgan fingerprint density at radius 1 is 1.16 bits per heavy atom. The van der Waals surface area contributed by atoms with Crippen molar-refractivity contribution in [2.24, 2.45) is 0 Å². The molecule has 128 valence electrons. The quantitative estimate of drug-likeness (QED) is 0.693. The molecule has 0 bridgehead atoms. The molecule has 0 saturated carbocycles. The number of carbonyl (C=O) groups excluding carboxylic acids is 2. The van der Waals surface area contributed by atoms with Crippen molar-refractivity contribution in [3.8, 4) is 0 Å². The maximum atomic E-state index is 12.5. The van der Waals surface area contributed by atoms with Gasteiger partial charge >= 0.3 is 0 Å². The van der Waals surface area contributed by atoms with Crippen molar-refractivity contribution >= 4 is 33.8 Å². The number of para-hydroxylation sites is 1. The molecular weight excluding hydrogens is 314 g/mol. The van der Waals surface area contributed by atoms with E-state index in [1.807, 2.05) is 29.0 Å². The Morgan fingerprint density at radius 3 is 2.64 bits per heavy atom. The molecule has 5 nitrogen and oxygen atoms in total. The Hall–Kier alpha value is -2.69. The van der Waals surface area contributed by atoms with E-state index >= 15 is 0 Å². The summed E-state index contributed by atoms with van der Waals surface area (Å²) >= 11 is 0. The van der Waals surface area contributed by atoms with E-state index in [0.717, 1.165) is 21.9 Å². The molecule has 0 aliphatic carbocycles. The van der Waals surface area contributed by atoms with Gasteiger partial charge in [-0.1, -0.05) is 39.0 Å². The highest BCUT2D eigenvalue weighted by Crippen LogP contribution is 2.38. The number of nitrogens with one attached hydrogen (secondary N) is 1. The van der Waals surface area contributed by atoms with E-state index in [1.165, 1.54) is 5.56 Å². The standard InChI is InChI=1S/C20H21N3O2/c1-20(2,3)13-10-11-21-18-17(13)12-6-4-5-7-14(12)23(18)15-8-9-16(24)22-19(15)25/h4-7,10-11,15H,8-9H2,1-3H3,(H,22,24,25). The Morgan fingerprint density at radius 2 is 1.92 bits per heavy atom. The van der Waals surface area contributed by atoms with Crippen molar-refractivity contribution in [3.05, 3.63) is 42.1 Å². The summed E-state index contributed by atoms with van der Waals surface area (Å²) in [6, 6.07) is 9.73. The van der Waals surface area contributed by atoms with Gasteiger partial charge in [-0.25, -0.2) is 4.98 Å². The summed E-state index contributed by atoms with van der Waals surface area (Å²) in [7, 11) is 0. The van der Waals surface area contributed by atoms with Crippen LogP contribution in [0.5, 0.6) is 0 Å². The molecule has 5 heteroatoms. The lowest BCUT2D eigenvalue weighted by molar-refractivity contribution is -0.135. The lowest BCUT2D eigenvalue weighted by Crippen LogP contribution is -2.41. The van der Waals surface area contributed by atoms with E-state index in [1.54, 1.807) is 0 Å². The number of rotatable bonds is 1. The van der Waals surface area contributed by atoms with Crippen LogP contribution in [0, 0.1) is 0 Å². The molecule has 1 aromatic carbocycles. The number of aromatic nitrogens is 2. The zero-order valence-corrected chi connectivity index (χ0v) is 14.7. The number of hydrogen-bond donors (Lipinski definition) is 1. The van der Waals surface area contributed by atoms with Crippen LogP contribution in [0.1, 0.15) is 45.2 Å². The molecule has 0 radical (unpaired) electrons. The van der Waals surface area contributed by atoms with E-state index in [2.05, 4.69) is 43.2 Å². The molecule has 1 aliphatic rings. The van der Waals surface area contributed by atoms with Crippen LogP contribution in [0.4, 0.5) is 0 Å². The van der Waals surface area contributed by atoms with Gasteiger partial charge in [-0.2, -0.15) is 0 Å². The summed E-state index contributed by atoms with van der Waals surface area (Å²) in [5, 5.41) is 4.66. The van der Waals surface area contributed by atoms with Crippen LogP contribution in [-0.4, -0.2) is 21.4 Å². The summed E-state index contributed by atoms with van der Waals surface area (Å²) in [5.41, 5.74) is 2.96. The van der Waals surface area contributed by atoms with Gasteiger partial charge in [-0.3, -0.25) is 14.9 Å². The number of amides is 2. The zero-order valence-electron chi connectivity index (χ0n) is 14.7. The molecule has 2 aromatic heterocycles. The second-order valence-corrected chi connectivity index (χ2v) is 7.66. The molecule has 1 unspecified atom stereocenters. The van der Waals surface area contributed by atoms with Crippen LogP contribution in [0.3, 0.4) is 0 Å². The third-order valence-electron chi connectivity index (χ3n) is 4.92. The minimum Gasteiger partial charge on any atom is -0.313 e. The van der Waals surface area contributed by atoms with Crippen molar-refractivity contribution in [2.75, 3.05) is 0 Å². The first-order chi connectivity index (χ1) is 11.9. The van der Waals surface area contributed by atoms with Crippen LogP contribution in [0.2, 0.25) is 0 Å². The first kappa shape index (κ1) is 15.8. The Bertz CT molecular complexity index is 1010. The molecule has 1 saturated heterocycles. The number of carbonyl (C=O) groups is 2. The number of benzene rings is 1. The average Bonchev–Trinajstić information content (AvgIpc) is 2.89. The summed E-state index contributed by atoms with van der Waals surface area (Å²) in [4.78, 5) is 28.7. The summed E-state index contributed by atoms with van der Waals surface area (Å²) in [6.45, 7) is 6.54. The number of pyridine rings is 1. The van der Waals surface area contributed by atoms with Crippen LogP contribution >= 0.6 is 0 Å². The van der Waals surface area contributed by atoms with Gasteiger partial charge in [0, 0.05) is 23.4 Å². The van der Waals surface area contributed by atoms with Crippen molar-refractivity contribution in [3.63, 3.8) is 0 Å². The molecule has 3 heterocycles. The van der Waals surface area contributed by atoms with Gasteiger partial charge in [0.15, 0.2) is 0 Å². The lowest BCUT2D eigenvalue weighted by atomic mass is 9.85. The maximum absolute atomic E-state index is 12.5. The highest BCUT2D eigenvalue weighted by Gasteiger charge is 2.32. The second-order valence-electron chi connectivity index (χ2n) is 7.66. The van der Waals surface area contributed by atoms with E-state index < -0.39 is 6.04 Å². The molecule has 25 heavy (non-hydrogen) atoms. The number of hydrogen-bond acceptors (Lipinski definition) is 3. The number of fused-ring (bicyclic) bond motifs is 3. The number of nitrogens with zero attached hydrogens (tertiary/aromatic N) is 2. The Kier molecular flexibility index (Phi) is 3.42. The molecule has 0 spiro atoms. The molecule has 2 amide bonds. The normalized spacial score (nSPS) is 18.8. The Balaban J connectivity index is 2.07. The third-order valence-corrected chi connectivity index (χ3v) is 4.92. The van der Waals surface area contributed by atoms with Crippen LogP contribution < -0.4 is 5.32 Å². The van der Waals surface area contributed by atoms with Gasteiger partial charge in [0.05, 0.1) is 5.52 Å². The molecule has 1 fully saturated rings. The SMILES string of the molecule is CC(C)(C)c1ccnc2c1c1ccccc1n2C1CCC(=O)NC1=O. The molecular formula is C20H21N3O2. The second kappa shape index (κ2) is 5.41. The van der Waals surface area contributed by atoms with Crippen molar-refractivity contribution in [1.29, 1.82) is 0 Å². The number of imide groups is 1. The van der Waals surface area contributed by atoms with Gasteiger partial charge in [0.25, 0.3) is 0 Å². The van der Waals surface area contributed by atoms with Gasteiger partial charge in [-0.15, -0.1) is 0 Å². The van der Waals surface area contributed by atoms with Crippen molar-refractivity contribution in [2.45, 2.75) is 45.1 Å². The summed E-state index contributed by atoms with van der Waals surface area (Å²) in [5.74, 6) is -0.452. The van der Waals surface area contributed by atoms with Crippen molar-refractivity contribution in [1.82, 2.24) is 14.9 Å². The number of piperidine rings is 1. The molecule has 1 atom stereocenters. The molecule has 4 rings (SSSR count). The molecule has 3 aromatic rings. The zero-order chi connectivity index (χ0) is 17.8. The van der Waals surface area contributed by atoms with Crippen LogP contribution in [0.15, 0.2) is 36.5 Å². The predicted octanol–water partition coefficient (Wildman–Crippen LogP) is 3.46. The fourth-order valence-corrected chi connectivity index (χ4v) is 3.78. The smallest absolute Gasteiger partial charge is 0.249 e. The van der Waals surface area contributed by atoms with Gasteiger partial charge < -0.3 is 4.57 Å². The average molecular weight is 335 g/mol. The Labute approximate surface area is 146 Å². The van der Waals surface area contributed by atoms with Gasteiger partial charge in [0.2, 0.25) is 11.8 Å². The maximum Gasteiger partial charge on any atom is 0.249 e. The minimum atomic E-state index is -0.414. The van der Waals surface area contributed by atoms with E-state index in [9.17, 15) is 9.59 Å². The highest BCUT2D eigenvalue weighted by molar-refractivity contribution is 6.10. The first-order valence-electron chi connectivity index (χ1n) is 8.60. The summed E-state index contributed by atoms with van der Waals surface area (Å²) < 4.78 is 2.00. The predicted molar refractivity (Wildman–Crippen MR) is 97.4 cm³/mol. The lowest BCUT2D eigenvalue weighted by Gasteiger charge is -2.24. The van der Waals surface area contributed by atoms with Gasteiger partial charge in [0.1, 0.15) is 11.7 Å². The van der Waals surface area contributed by atoms with E-state index in [4.69, 9.17) is 0 Å². The molecule has 1 N–H and O–H groups in total. The fourth-order valence-electron chi connectivity index (χ4n) is 3.78. The third kappa shape index (κ3) is 2.42. The summed E-state index contributed by atoms with van der Waals surface area (Å²) in [6.07, 6.45) is 2.66. The van der Waals surface area contributed by atoms with E-state index in [-0.39, 0.29) is 17.2 Å². The van der Waals surface area contributed by atoms with E-state index in [0.29, 0.717) is 12.8 Å². The molecule has 1 aliphatic heterocycles. The highest BCUT2D eigenvalue weighted by atomic mass is 16.2.